The number of aromatic nitrogens is 3. The fourth-order valence-corrected chi connectivity index (χ4v) is 1.29. The molecule has 0 atom stereocenters. The Kier molecular flexibility index (Phi) is 1.46. The van der Waals surface area contributed by atoms with E-state index in [1.165, 1.54) is 0 Å². The third-order valence-corrected chi connectivity index (χ3v) is 1.90. The summed E-state index contributed by atoms with van der Waals surface area (Å²) in [7, 11) is 0. The zero-order valence-corrected chi connectivity index (χ0v) is 6.86. The molecule has 0 spiro atoms. The highest BCUT2D eigenvalue weighted by Gasteiger charge is 2.03. The van der Waals surface area contributed by atoms with Gasteiger partial charge in [-0.25, -0.2) is 9.97 Å². The molecule has 2 aromatic rings. The number of hydrogen-bond acceptors (Lipinski definition) is 3. The minimum Gasteiger partial charge on any atom is -0.382 e. The molecule has 0 saturated carbocycles. The topological polar surface area (TPSA) is 56.7 Å². The van der Waals surface area contributed by atoms with Crippen LogP contribution in [0.15, 0.2) is 18.6 Å². The molecule has 4 nitrogen and oxygen atoms in total. The Bertz CT molecular complexity index is 404. The van der Waals surface area contributed by atoms with Crippen LogP contribution in [-0.4, -0.2) is 14.5 Å². The molecule has 62 valence electrons. The van der Waals surface area contributed by atoms with E-state index in [0.717, 1.165) is 17.6 Å². The average Bonchev–Trinajstić information content (AvgIpc) is 2.49. The van der Waals surface area contributed by atoms with E-state index in [9.17, 15) is 0 Å². The van der Waals surface area contributed by atoms with Gasteiger partial charge in [0.1, 0.15) is 11.3 Å². The monoisotopic (exact) mass is 162 g/mol. The molecule has 0 radical (unpaired) electrons. The maximum atomic E-state index is 5.71. The highest BCUT2D eigenvalue weighted by Crippen LogP contribution is 2.16. The fraction of sp³-hybridized carbons (Fsp3) is 0.250. The number of aryl methyl sites for hydroxylation is 1. The summed E-state index contributed by atoms with van der Waals surface area (Å²) in [4.78, 5) is 8.20. The lowest BCUT2D eigenvalue weighted by molar-refractivity contribution is 0.787. The standard InChI is InChI=1S/C8H10N4/c1-2-12-5-11-6-3-4-10-8(9)7(6)12/h3-5H,2H2,1H3,(H2,9,10). The zero-order chi connectivity index (χ0) is 8.55. The summed E-state index contributed by atoms with van der Waals surface area (Å²) in [5.74, 6) is 0.548. The Morgan fingerprint density at radius 3 is 3.08 bits per heavy atom. The molecular formula is C8H10N4. The number of nitrogens with two attached hydrogens (primary N) is 1. The highest BCUT2D eigenvalue weighted by atomic mass is 15.1. The third kappa shape index (κ3) is 0.845. The van der Waals surface area contributed by atoms with Crippen molar-refractivity contribution in [3.8, 4) is 0 Å². The van der Waals surface area contributed by atoms with Gasteiger partial charge in [-0.1, -0.05) is 0 Å². The molecule has 0 aliphatic carbocycles. The lowest BCUT2D eigenvalue weighted by Gasteiger charge is -1.99. The molecule has 2 N–H and O–H groups in total. The number of nitrogens with zero attached hydrogens (tertiary/aromatic N) is 3. The second kappa shape index (κ2) is 2.48. The molecule has 0 aliphatic rings. The van der Waals surface area contributed by atoms with Crippen LogP contribution in [0.5, 0.6) is 0 Å². The fourth-order valence-electron chi connectivity index (χ4n) is 1.29. The summed E-state index contributed by atoms with van der Waals surface area (Å²) in [6.45, 7) is 2.92. The van der Waals surface area contributed by atoms with Gasteiger partial charge in [0.15, 0.2) is 0 Å². The second-order valence-corrected chi connectivity index (χ2v) is 2.59. The van der Waals surface area contributed by atoms with E-state index >= 15 is 0 Å². The molecule has 0 amide bonds. The summed E-state index contributed by atoms with van der Waals surface area (Å²) < 4.78 is 1.98. The van der Waals surface area contributed by atoms with Crippen LogP contribution < -0.4 is 5.73 Å². The van der Waals surface area contributed by atoms with Crippen LogP contribution in [0.3, 0.4) is 0 Å². The van der Waals surface area contributed by atoms with E-state index in [0.29, 0.717) is 5.82 Å². The minimum atomic E-state index is 0.548. The van der Waals surface area contributed by atoms with Crippen molar-refractivity contribution in [3.63, 3.8) is 0 Å². The van der Waals surface area contributed by atoms with Gasteiger partial charge in [0.05, 0.1) is 11.8 Å². The predicted molar refractivity (Wildman–Crippen MR) is 47.6 cm³/mol. The molecule has 0 unspecified atom stereocenters. The molecule has 12 heavy (non-hydrogen) atoms. The maximum Gasteiger partial charge on any atom is 0.149 e. The molecule has 2 aromatic heterocycles. The minimum absolute atomic E-state index is 0.548. The Morgan fingerprint density at radius 2 is 2.33 bits per heavy atom. The average molecular weight is 162 g/mol. The first-order valence-electron chi connectivity index (χ1n) is 3.88. The third-order valence-electron chi connectivity index (χ3n) is 1.90. The summed E-state index contributed by atoms with van der Waals surface area (Å²) in [5, 5.41) is 0. The second-order valence-electron chi connectivity index (χ2n) is 2.59. The van der Waals surface area contributed by atoms with Gasteiger partial charge in [0, 0.05) is 12.7 Å². The number of hydrogen-bond donors (Lipinski definition) is 1. The molecule has 0 bridgehead atoms. The molecule has 0 saturated heterocycles. The van der Waals surface area contributed by atoms with Crippen molar-refractivity contribution in [1.82, 2.24) is 14.5 Å². The van der Waals surface area contributed by atoms with Crippen LogP contribution in [0.2, 0.25) is 0 Å². The van der Waals surface area contributed by atoms with Crippen LogP contribution in [0.4, 0.5) is 5.82 Å². The van der Waals surface area contributed by atoms with Gasteiger partial charge in [-0.3, -0.25) is 0 Å². The molecule has 4 heteroatoms. The Labute approximate surface area is 70.0 Å². The van der Waals surface area contributed by atoms with Gasteiger partial charge < -0.3 is 10.3 Å². The highest BCUT2D eigenvalue weighted by molar-refractivity contribution is 5.84. The van der Waals surface area contributed by atoms with Crippen molar-refractivity contribution >= 4 is 16.9 Å². The first kappa shape index (κ1) is 7.09. The molecule has 2 rings (SSSR count). The van der Waals surface area contributed by atoms with Crippen LogP contribution >= 0.6 is 0 Å². The number of fused-ring (bicyclic) bond motifs is 1. The number of imidazole rings is 1. The number of pyridine rings is 1. The first-order chi connectivity index (χ1) is 5.83. The molecule has 0 aliphatic heterocycles. The normalized spacial score (nSPS) is 10.8. The predicted octanol–water partition coefficient (Wildman–Crippen LogP) is 1.03. The van der Waals surface area contributed by atoms with Crippen LogP contribution in [0.1, 0.15) is 6.92 Å². The summed E-state index contributed by atoms with van der Waals surface area (Å²) in [6, 6.07) is 1.86. The molecule has 2 heterocycles. The van der Waals surface area contributed by atoms with Gasteiger partial charge in [-0.2, -0.15) is 0 Å². The lowest BCUT2D eigenvalue weighted by Crippen LogP contribution is -1.97. The van der Waals surface area contributed by atoms with Crippen molar-refractivity contribution < 1.29 is 0 Å². The summed E-state index contributed by atoms with van der Waals surface area (Å²) >= 11 is 0. The Hall–Kier alpha value is -1.58. The van der Waals surface area contributed by atoms with Gasteiger partial charge in [0.2, 0.25) is 0 Å². The van der Waals surface area contributed by atoms with Crippen molar-refractivity contribution in [2.75, 3.05) is 5.73 Å². The van der Waals surface area contributed by atoms with Crippen LogP contribution in [-0.2, 0) is 6.54 Å². The molecule has 0 aromatic carbocycles. The van der Waals surface area contributed by atoms with Crippen molar-refractivity contribution in [2.45, 2.75) is 13.5 Å². The maximum absolute atomic E-state index is 5.71. The number of anilines is 1. The zero-order valence-electron chi connectivity index (χ0n) is 6.86. The largest absolute Gasteiger partial charge is 0.382 e. The van der Waals surface area contributed by atoms with Crippen molar-refractivity contribution in [1.29, 1.82) is 0 Å². The van der Waals surface area contributed by atoms with Gasteiger partial charge in [-0.15, -0.1) is 0 Å². The summed E-state index contributed by atoms with van der Waals surface area (Å²) in [5.41, 5.74) is 7.54. The smallest absolute Gasteiger partial charge is 0.149 e. The van der Waals surface area contributed by atoms with Gasteiger partial charge >= 0.3 is 0 Å². The van der Waals surface area contributed by atoms with E-state index in [-0.39, 0.29) is 0 Å². The van der Waals surface area contributed by atoms with Gasteiger partial charge in [-0.05, 0) is 13.0 Å². The summed E-state index contributed by atoms with van der Waals surface area (Å²) in [6.07, 6.45) is 3.45. The molecular weight excluding hydrogens is 152 g/mol. The van der Waals surface area contributed by atoms with Gasteiger partial charge in [0.25, 0.3) is 0 Å². The van der Waals surface area contributed by atoms with E-state index in [1.807, 2.05) is 17.6 Å². The van der Waals surface area contributed by atoms with Crippen LogP contribution in [0, 0.1) is 0 Å². The number of rotatable bonds is 1. The quantitative estimate of drug-likeness (QED) is 0.681. The number of nitrogen functional groups attached to an aromatic ring is 1. The first-order valence-corrected chi connectivity index (χ1v) is 3.88. The van der Waals surface area contributed by atoms with E-state index < -0.39 is 0 Å². The van der Waals surface area contributed by atoms with E-state index in [1.54, 1.807) is 12.5 Å². The SMILES string of the molecule is CCn1cnc2ccnc(N)c21. The Morgan fingerprint density at radius 1 is 1.50 bits per heavy atom. The van der Waals surface area contributed by atoms with Crippen LogP contribution in [0.25, 0.3) is 11.0 Å². The Balaban J connectivity index is 2.83. The van der Waals surface area contributed by atoms with Crippen molar-refractivity contribution in [2.24, 2.45) is 0 Å². The molecule has 0 fully saturated rings. The van der Waals surface area contributed by atoms with E-state index in [4.69, 9.17) is 5.73 Å². The van der Waals surface area contributed by atoms with E-state index in [2.05, 4.69) is 9.97 Å². The lowest BCUT2D eigenvalue weighted by atomic mass is 10.4. The van der Waals surface area contributed by atoms with Crippen molar-refractivity contribution in [3.05, 3.63) is 18.6 Å².